The minimum atomic E-state index is -0.529. The van der Waals surface area contributed by atoms with Crippen molar-refractivity contribution in [2.45, 2.75) is 46.8 Å². The molecule has 7 heteroatoms. The van der Waals surface area contributed by atoms with E-state index < -0.39 is 5.91 Å². The van der Waals surface area contributed by atoms with Crippen molar-refractivity contribution in [2.24, 2.45) is 0 Å². The van der Waals surface area contributed by atoms with Crippen LogP contribution in [0.1, 0.15) is 44.4 Å². The average Bonchev–Trinajstić information content (AvgIpc) is 3.01. The van der Waals surface area contributed by atoms with Crippen LogP contribution in [0, 0.1) is 0 Å². The van der Waals surface area contributed by atoms with Gasteiger partial charge in [-0.3, -0.25) is 10.0 Å². The highest BCUT2D eigenvalue weighted by Crippen LogP contribution is 2.26. The molecule has 1 aliphatic rings. The molecule has 0 aromatic carbocycles. The summed E-state index contributed by atoms with van der Waals surface area (Å²) < 4.78 is 7.90. The Balaban J connectivity index is 2.23. The lowest BCUT2D eigenvalue weighted by atomic mass is 9.99. The Hall–Kier alpha value is -1.96. The first-order chi connectivity index (χ1) is 12.6. The number of carbonyl (C=O) groups is 1. The zero-order valence-corrected chi connectivity index (χ0v) is 16.0. The smallest absolute Gasteiger partial charge is 0.267 e. The number of rotatable bonds is 10. The van der Waals surface area contributed by atoms with Crippen LogP contribution < -0.4 is 5.48 Å². The third-order valence-electron chi connectivity index (χ3n) is 4.68. The number of allylic oxidation sites excluding steroid dienone is 2. The third-order valence-corrected chi connectivity index (χ3v) is 4.68. The van der Waals surface area contributed by atoms with E-state index in [1.54, 1.807) is 11.6 Å². The normalized spacial score (nSPS) is 14.0. The van der Waals surface area contributed by atoms with Gasteiger partial charge in [-0.1, -0.05) is 19.9 Å². The van der Waals surface area contributed by atoms with Gasteiger partial charge in [0.15, 0.2) is 0 Å². The summed E-state index contributed by atoms with van der Waals surface area (Å²) in [6.45, 7) is 11.5. The second-order valence-electron chi connectivity index (χ2n) is 6.20. The molecule has 144 valence electrons. The van der Waals surface area contributed by atoms with E-state index >= 15 is 0 Å². The van der Waals surface area contributed by atoms with Crippen LogP contribution in [0.5, 0.6) is 0 Å². The first-order valence-corrected chi connectivity index (χ1v) is 9.33. The number of nitrogens with one attached hydrogen (secondary N) is 1. The molecule has 0 radical (unpaired) electrons. The van der Waals surface area contributed by atoms with E-state index in [1.807, 2.05) is 13.0 Å². The van der Waals surface area contributed by atoms with Crippen molar-refractivity contribution >= 4 is 12.0 Å². The summed E-state index contributed by atoms with van der Waals surface area (Å²) in [4.78, 5) is 18.3. The van der Waals surface area contributed by atoms with Gasteiger partial charge < -0.3 is 14.2 Å². The quantitative estimate of drug-likeness (QED) is 0.379. The highest BCUT2D eigenvalue weighted by atomic mass is 16.5. The summed E-state index contributed by atoms with van der Waals surface area (Å²) >= 11 is 0. The van der Waals surface area contributed by atoms with Crippen LogP contribution in [0.4, 0.5) is 0 Å². The lowest BCUT2D eigenvalue weighted by molar-refractivity contribution is -0.124. The van der Waals surface area contributed by atoms with E-state index in [0.717, 1.165) is 56.1 Å². The summed E-state index contributed by atoms with van der Waals surface area (Å²) in [7, 11) is 0. The molecule has 1 amide bonds. The number of fused-ring (bicyclic) bond motifs is 1. The van der Waals surface area contributed by atoms with Gasteiger partial charge in [-0.25, -0.2) is 10.5 Å². The molecule has 1 aromatic heterocycles. The van der Waals surface area contributed by atoms with Gasteiger partial charge in [0, 0.05) is 31.5 Å². The fraction of sp³-hybridized carbons (Fsp3) is 0.579. The molecule has 1 aliphatic carbocycles. The predicted octanol–water partition coefficient (Wildman–Crippen LogP) is 2.15. The molecular formula is C19H30N4O3. The summed E-state index contributed by atoms with van der Waals surface area (Å²) in [6, 6.07) is 0. The molecule has 26 heavy (non-hydrogen) atoms. The van der Waals surface area contributed by atoms with Crippen LogP contribution in [0.2, 0.25) is 0 Å². The number of aromatic nitrogens is 2. The first kappa shape index (κ1) is 20.4. The van der Waals surface area contributed by atoms with Gasteiger partial charge >= 0.3 is 0 Å². The predicted molar refractivity (Wildman–Crippen MR) is 101 cm³/mol. The van der Waals surface area contributed by atoms with Gasteiger partial charge in [-0.2, -0.15) is 0 Å². The second-order valence-corrected chi connectivity index (χ2v) is 6.20. The van der Waals surface area contributed by atoms with E-state index in [1.165, 1.54) is 11.8 Å². The molecule has 0 spiro atoms. The van der Waals surface area contributed by atoms with E-state index in [9.17, 15) is 4.79 Å². The molecule has 0 saturated heterocycles. The van der Waals surface area contributed by atoms with Gasteiger partial charge in [-0.15, -0.1) is 0 Å². The molecule has 2 N–H and O–H groups in total. The van der Waals surface area contributed by atoms with E-state index in [4.69, 9.17) is 14.9 Å². The van der Waals surface area contributed by atoms with Gasteiger partial charge in [0.1, 0.15) is 12.4 Å². The summed E-state index contributed by atoms with van der Waals surface area (Å²) in [5.74, 6) is 0.428. The maximum Gasteiger partial charge on any atom is 0.267 e. The zero-order valence-electron chi connectivity index (χ0n) is 16.0. The number of hydrogen-bond donors (Lipinski definition) is 2. The first-order valence-electron chi connectivity index (χ1n) is 9.33. The van der Waals surface area contributed by atoms with Gasteiger partial charge in [-0.05, 0) is 44.5 Å². The number of nitrogens with zero attached hydrogens (tertiary/aromatic N) is 3. The number of imidazole rings is 1. The van der Waals surface area contributed by atoms with Crippen LogP contribution in [0.15, 0.2) is 17.7 Å². The van der Waals surface area contributed by atoms with Crippen LogP contribution >= 0.6 is 0 Å². The maximum atomic E-state index is 11.2. The van der Waals surface area contributed by atoms with Gasteiger partial charge in [0.2, 0.25) is 0 Å². The van der Waals surface area contributed by atoms with Crippen molar-refractivity contribution in [1.29, 1.82) is 0 Å². The number of hydrogen-bond acceptors (Lipinski definition) is 5. The maximum absolute atomic E-state index is 11.2. The summed E-state index contributed by atoms with van der Waals surface area (Å²) in [6.07, 6.45) is 6.79. The third kappa shape index (κ3) is 5.27. The molecule has 1 heterocycles. The van der Waals surface area contributed by atoms with Crippen LogP contribution in [-0.4, -0.2) is 51.8 Å². The van der Waals surface area contributed by atoms with E-state index in [-0.39, 0.29) is 0 Å². The van der Waals surface area contributed by atoms with Crippen molar-refractivity contribution in [3.05, 3.63) is 34.9 Å². The van der Waals surface area contributed by atoms with E-state index in [2.05, 4.69) is 23.3 Å². The molecule has 0 aliphatic heterocycles. The highest BCUT2D eigenvalue weighted by Gasteiger charge is 2.20. The Kier molecular flexibility index (Phi) is 8.03. The van der Waals surface area contributed by atoms with Crippen molar-refractivity contribution in [3.63, 3.8) is 0 Å². The minimum Gasteiger partial charge on any atom is -0.374 e. The number of carbonyl (C=O) groups excluding carboxylic acids is 1. The standard InChI is InChI=1S/C19H30N4O3/c1-4-22(5-2)11-12-23-17-9-7-15(8-10-19(24)21-25)13-16(17)20-18(23)14-26-6-3/h8,10,13,25H,4-7,9,11-12,14H2,1-3H3,(H,21,24)/b10-8+. The minimum absolute atomic E-state index is 0.508. The summed E-state index contributed by atoms with van der Waals surface area (Å²) in [5, 5.41) is 8.58. The monoisotopic (exact) mass is 362 g/mol. The van der Waals surface area contributed by atoms with Crippen molar-refractivity contribution in [3.8, 4) is 0 Å². The zero-order chi connectivity index (χ0) is 18.9. The molecule has 0 bridgehead atoms. The molecule has 0 unspecified atom stereocenters. The summed E-state index contributed by atoms with van der Waals surface area (Å²) in [5.41, 5.74) is 4.82. The molecular weight excluding hydrogens is 332 g/mol. The Labute approximate surface area is 155 Å². The van der Waals surface area contributed by atoms with Crippen molar-refractivity contribution in [1.82, 2.24) is 19.9 Å². The fourth-order valence-corrected chi connectivity index (χ4v) is 3.15. The van der Waals surface area contributed by atoms with Gasteiger partial charge in [0.25, 0.3) is 5.91 Å². The lowest BCUT2D eigenvalue weighted by Gasteiger charge is -2.21. The van der Waals surface area contributed by atoms with Crippen LogP contribution in [0.3, 0.4) is 0 Å². The average molecular weight is 362 g/mol. The van der Waals surface area contributed by atoms with E-state index in [0.29, 0.717) is 13.2 Å². The molecule has 0 atom stereocenters. The Morgan fingerprint density at radius 3 is 2.81 bits per heavy atom. The molecule has 0 fully saturated rings. The van der Waals surface area contributed by atoms with Crippen LogP contribution in [-0.2, 0) is 29.1 Å². The number of likely N-dealkylation sites (N-methyl/N-ethyl adjacent to an activating group) is 1. The Morgan fingerprint density at radius 1 is 1.38 bits per heavy atom. The molecule has 7 nitrogen and oxygen atoms in total. The molecule has 2 rings (SSSR count). The highest BCUT2D eigenvalue weighted by molar-refractivity contribution is 5.87. The van der Waals surface area contributed by atoms with Crippen molar-refractivity contribution in [2.75, 3.05) is 26.2 Å². The number of ether oxygens (including phenoxy) is 1. The molecule has 1 aromatic rings. The SMILES string of the molecule is CCOCc1nc2c(n1CCN(CC)CC)CCC(/C=C/C(=O)NO)=C2. The number of amides is 1. The Morgan fingerprint density at radius 2 is 2.15 bits per heavy atom. The molecule has 0 saturated carbocycles. The number of hydroxylamine groups is 1. The lowest BCUT2D eigenvalue weighted by Crippen LogP contribution is -2.28. The van der Waals surface area contributed by atoms with Gasteiger partial charge in [0.05, 0.1) is 5.69 Å². The Bertz CT molecular complexity index is 660. The largest absolute Gasteiger partial charge is 0.374 e. The fourth-order valence-electron chi connectivity index (χ4n) is 3.15. The van der Waals surface area contributed by atoms with Crippen molar-refractivity contribution < 1.29 is 14.7 Å². The van der Waals surface area contributed by atoms with Crippen LogP contribution in [0.25, 0.3) is 6.08 Å². The topological polar surface area (TPSA) is 79.6 Å². The second kappa shape index (κ2) is 10.3.